The zero-order valence-corrected chi connectivity index (χ0v) is 12.9. The third-order valence-electron chi connectivity index (χ3n) is 4.23. The second kappa shape index (κ2) is 6.94. The predicted octanol–water partition coefficient (Wildman–Crippen LogP) is 2.35. The molecule has 1 saturated carbocycles. The Morgan fingerprint density at radius 2 is 1.86 bits per heavy atom. The van der Waals surface area contributed by atoms with Crippen LogP contribution in [-0.4, -0.2) is 30.8 Å². The van der Waals surface area contributed by atoms with Gasteiger partial charge in [0, 0.05) is 12.0 Å². The van der Waals surface area contributed by atoms with Gasteiger partial charge in [0.2, 0.25) is 0 Å². The Bertz CT molecular complexity index is 473. The van der Waals surface area contributed by atoms with E-state index in [1.807, 2.05) is 26.0 Å². The van der Waals surface area contributed by atoms with Gasteiger partial charge >= 0.3 is 0 Å². The van der Waals surface area contributed by atoms with Crippen LogP contribution in [0.3, 0.4) is 0 Å². The number of hydrogen-bond acceptors (Lipinski definition) is 3. The first-order valence-corrected chi connectivity index (χ1v) is 7.62. The van der Waals surface area contributed by atoms with E-state index in [1.54, 1.807) is 0 Å². The smallest absolute Gasteiger partial charge is 0.257 e. The molecule has 1 aromatic carbocycles. The van der Waals surface area contributed by atoms with Crippen LogP contribution in [0.4, 0.5) is 0 Å². The van der Waals surface area contributed by atoms with E-state index in [2.05, 4.69) is 11.4 Å². The quantitative estimate of drug-likeness (QED) is 0.846. The number of aliphatic hydroxyl groups excluding tert-OH is 1. The van der Waals surface area contributed by atoms with Crippen molar-refractivity contribution in [3.05, 3.63) is 29.3 Å². The van der Waals surface area contributed by atoms with Gasteiger partial charge in [-0.3, -0.25) is 4.79 Å². The lowest BCUT2D eigenvalue weighted by atomic mass is 9.87. The molecule has 1 aliphatic carbocycles. The van der Waals surface area contributed by atoms with Crippen molar-refractivity contribution in [2.24, 2.45) is 5.41 Å². The fraction of sp³-hybridized carbons (Fsp3) is 0.588. The largest absolute Gasteiger partial charge is 0.484 e. The van der Waals surface area contributed by atoms with E-state index in [4.69, 9.17) is 4.74 Å². The van der Waals surface area contributed by atoms with Crippen LogP contribution in [0.1, 0.15) is 36.8 Å². The molecule has 0 aliphatic heterocycles. The van der Waals surface area contributed by atoms with Gasteiger partial charge in [0.15, 0.2) is 6.61 Å². The fourth-order valence-electron chi connectivity index (χ4n) is 3.02. The number of rotatable bonds is 6. The Kier molecular flexibility index (Phi) is 5.23. The first kappa shape index (κ1) is 15.8. The van der Waals surface area contributed by atoms with Crippen LogP contribution < -0.4 is 10.1 Å². The van der Waals surface area contributed by atoms with Crippen LogP contribution in [0.25, 0.3) is 0 Å². The lowest BCUT2D eigenvalue weighted by Gasteiger charge is -2.26. The molecule has 4 nitrogen and oxygen atoms in total. The zero-order chi connectivity index (χ0) is 15.3. The number of aliphatic hydroxyl groups is 1. The summed E-state index contributed by atoms with van der Waals surface area (Å²) in [6.07, 6.45) is 4.24. The topological polar surface area (TPSA) is 58.6 Å². The summed E-state index contributed by atoms with van der Waals surface area (Å²) >= 11 is 0. The maximum Gasteiger partial charge on any atom is 0.257 e. The third-order valence-corrected chi connectivity index (χ3v) is 4.23. The standard InChI is InChI=1S/C17H25NO3/c1-13-7-14(2)9-15(8-13)21-10-16(20)18-11-17(12-19)5-3-4-6-17/h7-9,19H,3-6,10-12H2,1-2H3,(H,18,20). The van der Waals surface area contributed by atoms with Crippen molar-refractivity contribution < 1.29 is 14.6 Å². The molecular formula is C17H25NO3. The minimum absolute atomic E-state index is 0.0183. The third kappa shape index (κ3) is 4.46. The summed E-state index contributed by atoms with van der Waals surface area (Å²) in [6.45, 7) is 4.71. The highest BCUT2D eigenvalue weighted by atomic mass is 16.5. The molecule has 1 amide bonds. The summed E-state index contributed by atoms with van der Waals surface area (Å²) < 4.78 is 5.54. The second-order valence-electron chi connectivity index (χ2n) is 6.25. The number of ether oxygens (including phenoxy) is 1. The van der Waals surface area contributed by atoms with Crippen LogP contribution in [0.2, 0.25) is 0 Å². The molecule has 0 spiro atoms. The van der Waals surface area contributed by atoms with E-state index >= 15 is 0 Å². The molecule has 2 rings (SSSR count). The molecular weight excluding hydrogens is 266 g/mol. The van der Waals surface area contributed by atoms with E-state index in [0.717, 1.165) is 42.6 Å². The summed E-state index contributed by atoms with van der Waals surface area (Å²) in [5.74, 6) is 0.592. The van der Waals surface area contributed by atoms with E-state index in [0.29, 0.717) is 6.54 Å². The van der Waals surface area contributed by atoms with Crippen LogP contribution >= 0.6 is 0 Å². The Morgan fingerprint density at radius 1 is 1.24 bits per heavy atom. The predicted molar refractivity (Wildman–Crippen MR) is 82.4 cm³/mol. The first-order valence-electron chi connectivity index (χ1n) is 7.62. The van der Waals surface area contributed by atoms with E-state index < -0.39 is 0 Å². The molecule has 0 aromatic heterocycles. The molecule has 0 bridgehead atoms. The fourth-order valence-corrected chi connectivity index (χ4v) is 3.02. The molecule has 4 heteroatoms. The van der Waals surface area contributed by atoms with Crippen molar-refractivity contribution in [1.29, 1.82) is 0 Å². The van der Waals surface area contributed by atoms with Crippen molar-refractivity contribution in [2.45, 2.75) is 39.5 Å². The normalized spacial score (nSPS) is 16.7. The minimum atomic E-state index is -0.131. The van der Waals surface area contributed by atoms with Gasteiger partial charge in [-0.1, -0.05) is 18.9 Å². The van der Waals surface area contributed by atoms with E-state index in [9.17, 15) is 9.90 Å². The minimum Gasteiger partial charge on any atom is -0.484 e. The maximum absolute atomic E-state index is 11.9. The molecule has 0 heterocycles. The number of hydrogen-bond donors (Lipinski definition) is 2. The Morgan fingerprint density at radius 3 is 2.43 bits per heavy atom. The van der Waals surface area contributed by atoms with Crippen molar-refractivity contribution in [2.75, 3.05) is 19.8 Å². The summed E-state index contributed by atoms with van der Waals surface area (Å²) in [4.78, 5) is 11.9. The number of benzene rings is 1. The highest BCUT2D eigenvalue weighted by Gasteiger charge is 2.33. The lowest BCUT2D eigenvalue weighted by Crippen LogP contribution is -2.40. The van der Waals surface area contributed by atoms with Crippen LogP contribution in [0.15, 0.2) is 18.2 Å². The molecule has 0 atom stereocenters. The first-order chi connectivity index (χ1) is 10.0. The van der Waals surface area contributed by atoms with Gasteiger partial charge < -0.3 is 15.2 Å². The van der Waals surface area contributed by atoms with Gasteiger partial charge in [-0.05, 0) is 49.9 Å². The monoisotopic (exact) mass is 291 g/mol. The van der Waals surface area contributed by atoms with Crippen molar-refractivity contribution >= 4 is 5.91 Å². The molecule has 21 heavy (non-hydrogen) atoms. The molecule has 1 aliphatic rings. The summed E-state index contributed by atoms with van der Waals surface area (Å²) in [5.41, 5.74) is 2.13. The van der Waals surface area contributed by atoms with Crippen molar-refractivity contribution in [1.82, 2.24) is 5.32 Å². The van der Waals surface area contributed by atoms with Gasteiger partial charge in [-0.2, -0.15) is 0 Å². The maximum atomic E-state index is 11.9. The molecule has 0 radical (unpaired) electrons. The lowest BCUT2D eigenvalue weighted by molar-refractivity contribution is -0.123. The number of carbonyl (C=O) groups excluding carboxylic acids is 1. The number of amides is 1. The number of carbonyl (C=O) groups is 1. The molecule has 2 N–H and O–H groups in total. The van der Waals surface area contributed by atoms with Gasteiger partial charge in [0.1, 0.15) is 5.75 Å². The summed E-state index contributed by atoms with van der Waals surface area (Å²) in [5, 5.41) is 12.4. The average Bonchev–Trinajstić information content (AvgIpc) is 2.91. The zero-order valence-electron chi connectivity index (χ0n) is 12.9. The van der Waals surface area contributed by atoms with Gasteiger partial charge in [-0.15, -0.1) is 0 Å². The highest BCUT2D eigenvalue weighted by molar-refractivity contribution is 5.77. The van der Waals surface area contributed by atoms with Gasteiger partial charge in [0.25, 0.3) is 5.91 Å². The Balaban J connectivity index is 1.79. The van der Waals surface area contributed by atoms with Crippen LogP contribution in [0, 0.1) is 19.3 Å². The number of aryl methyl sites for hydroxylation is 2. The van der Waals surface area contributed by atoms with Crippen molar-refractivity contribution in [3.63, 3.8) is 0 Å². The molecule has 1 fully saturated rings. The summed E-state index contributed by atoms with van der Waals surface area (Å²) in [7, 11) is 0. The van der Waals surface area contributed by atoms with E-state index in [1.165, 1.54) is 0 Å². The highest BCUT2D eigenvalue weighted by Crippen LogP contribution is 2.36. The Hall–Kier alpha value is -1.55. The van der Waals surface area contributed by atoms with Gasteiger partial charge in [0.05, 0.1) is 6.61 Å². The van der Waals surface area contributed by atoms with Gasteiger partial charge in [-0.25, -0.2) is 0 Å². The van der Waals surface area contributed by atoms with Crippen LogP contribution in [0.5, 0.6) is 5.75 Å². The van der Waals surface area contributed by atoms with Crippen LogP contribution in [-0.2, 0) is 4.79 Å². The molecule has 0 saturated heterocycles. The molecule has 1 aromatic rings. The average molecular weight is 291 g/mol. The van der Waals surface area contributed by atoms with Crippen molar-refractivity contribution in [3.8, 4) is 5.75 Å². The number of nitrogens with one attached hydrogen (secondary N) is 1. The second-order valence-corrected chi connectivity index (χ2v) is 6.25. The Labute approximate surface area is 126 Å². The SMILES string of the molecule is Cc1cc(C)cc(OCC(=O)NCC2(CO)CCCC2)c1. The van der Waals surface area contributed by atoms with E-state index in [-0.39, 0.29) is 24.5 Å². The molecule has 0 unspecified atom stereocenters. The summed E-state index contributed by atoms with van der Waals surface area (Å²) in [6, 6.07) is 5.91. The molecule has 116 valence electrons.